The predicted octanol–water partition coefficient (Wildman–Crippen LogP) is -0.448. The van der Waals surface area contributed by atoms with Gasteiger partial charge in [-0.15, -0.1) is 0 Å². The van der Waals surface area contributed by atoms with Gasteiger partial charge in [-0.25, -0.2) is 0 Å². The highest BCUT2D eigenvalue weighted by molar-refractivity contribution is 7.85. The second kappa shape index (κ2) is 3.68. The third kappa shape index (κ3) is 4.09. The third-order valence-electron chi connectivity index (χ3n) is 1.37. The van der Waals surface area contributed by atoms with Crippen molar-refractivity contribution in [3.63, 3.8) is 0 Å². The minimum absolute atomic E-state index is 0.00683. The van der Waals surface area contributed by atoms with Crippen molar-refractivity contribution in [2.75, 3.05) is 5.75 Å². The molecule has 0 aromatic heterocycles. The Balaban J connectivity index is 4.34. The first-order chi connectivity index (χ1) is 5.24. The van der Waals surface area contributed by atoms with Crippen LogP contribution in [0.4, 0.5) is 0 Å². The molecule has 0 aromatic carbocycles. The van der Waals surface area contributed by atoms with Crippen LogP contribution in [0.15, 0.2) is 12.2 Å². The minimum Gasteiger partial charge on any atom is -0.366 e. The Morgan fingerprint density at radius 3 is 2.33 bits per heavy atom. The number of hydrogen-bond donors (Lipinski definition) is 2. The van der Waals surface area contributed by atoms with Crippen molar-refractivity contribution in [1.82, 2.24) is 0 Å². The summed E-state index contributed by atoms with van der Waals surface area (Å²) in [6.45, 7) is 4.73. The fourth-order valence-electron chi connectivity index (χ4n) is 0.659. The molecule has 1 atom stereocenters. The summed E-state index contributed by atoms with van der Waals surface area (Å²) in [5, 5.41) is 0. The molecule has 0 rings (SSSR count). The fraction of sp³-hybridized carbons (Fsp3) is 0.500. The first-order valence-electron chi connectivity index (χ1n) is 3.18. The lowest BCUT2D eigenvalue weighted by Gasteiger charge is -2.08. The van der Waals surface area contributed by atoms with Gasteiger partial charge < -0.3 is 5.73 Å². The van der Waals surface area contributed by atoms with Crippen LogP contribution in [0.1, 0.15) is 6.92 Å². The number of amides is 1. The minimum atomic E-state index is -4.07. The van der Waals surface area contributed by atoms with Crippen LogP contribution in [0.25, 0.3) is 0 Å². The lowest BCUT2D eigenvalue weighted by Crippen LogP contribution is -2.23. The Morgan fingerprint density at radius 1 is 1.67 bits per heavy atom. The van der Waals surface area contributed by atoms with Gasteiger partial charge in [-0.05, 0) is 0 Å². The largest absolute Gasteiger partial charge is 0.366 e. The first kappa shape index (κ1) is 11.1. The topological polar surface area (TPSA) is 97.5 Å². The number of nitrogens with two attached hydrogens (primary N) is 1. The highest BCUT2D eigenvalue weighted by Crippen LogP contribution is 2.09. The van der Waals surface area contributed by atoms with Crippen LogP contribution in [0, 0.1) is 5.92 Å². The molecule has 5 nitrogen and oxygen atoms in total. The van der Waals surface area contributed by atoms with Gasteiger partial charge in [-0.1, -0.05) is 13.5 Å². The molecule has 0 aliphatic heterocycles. The SMILES string of the molecule is C=C(C(N)=O)C(C)CS(=O)(=O)O. The van der Waals surface area contributed by atoms with E-state index in [4.69, 9.17) is 10.3 Å². The average molecular weight is 193 g/mol. The lowest BCUT2D eigenvalue weighted by molar-refractivity contribution is -0.114. The quantitative estimate of drug-likeness (QED) is 0.466. The zero-order valence-corrected chi connectivity index (χ0v) is 7.47. The smallest absolute Gasteiger partial charge is 0.265 e. The van der Waals surface area contributed by atoms with Gasteiger partial charge in [0.1, 0.15) is 0 Å². The zero-order chi connectivity index (χ0) is 9.94. The summed E-state index contributed by atoms with van der Waals surface area (Å²) in [7, 11) is -4.07. The highest BCUT2D eigenvalue weighted by atomic mass is 32.2. The lowest BCUT2D eigenvalue weighted by atomic mass is 10.1. The van der Waals surface area contributed by atoms with Crippen molar-refractivity contribution in [3.05, 3.63) is 12.2 Å². The van der Waals surface area contributed by atoms with Gasteiger partial charge in [-0.3, -0.25) is 9.35 Å². The monoisotopic (exact) mass is 193 g/mol. The summed E-state index contributed by atoms with van der Waals surface area (Å²) in [6, 6.07) is 0. The van der Waals surface area contributed by atoms with Crippen LogP contribution in [0.5, 0.6) is 0 Å². The molecule has 0 heterocycles. The zero-order valence-electron chi connectivity index (χ0n) is 6.65. The summed E-state index contributed by atoms with van der Waals surface area (Å²) in [5.74, 6) is -1.95. The third-order valence-corrected chi connectivity index (χ3v) is 2.29. The molecule has 0 aromatic rings. The molecule has 6 heteroatoms. The van der Waals surface area contributed by atoms with Gasteiger partial charge in [-0.2, -0.15) is 8.42 Å². The van der Waals surface area contributed by atoms with E-state index in [2.05, 4.69) is 6.58 Å². The molecule has 0 saturated carbocycles. The van der Waals surface area contributed by atoms with E-state index in [1.54, 1.807) is 0 Å². The number of primary amides is 1. The second-order valence-electron chi connectivity index (χ2n) is 2.54. The summed E-state index contributed by atoms with van der Waals surface area (Å²) < 4.78 is 29.1. The van der Waals surface area contributed by atoms with Gasteiger partial charge in [0, 0.05) is 11.5 Å². The van der Waals surface area contributed by atoms with Gasteiger partial charge in [0.15, 0.2) is 0 Å². The van der Waals surface area contributed by atoms with Gasteiger partial charge in [0.25, 0.3) is 10.1 Å². The molecule has 0 spiro atoms. The van der Waals surface area contributed by atoms with E-state index in [9.17, 15) is 13.2 Å². The van der Waals surface area contributed by atoms with Gasteiger partial charge in [0.05, 0.1) is 5.75 Å². The van der Waals surface area contributed by atoms with Crippen LogP contribution in [0.2, 0.25) is 0 Å². The summed E-state index contributed by atoms with van der Waals surface area (Å²) in [6.07, 6.45) is 0. The van der Waals surface area contributed by atoms with Crippen molar-refractivity contribution in [3.8, 4) is 0 Å². The van der Waals surface area contributed by atoms with E-state index in [0.717, 1.165) is 0 Å². The molecule has 0 aliphatic carbocycles. The van der Waals surface area contributed by atoms with E-state index in [1.165, 1.54) is 6.92 Å². The normalized spacial score (nSPS) is 13.8. The molecule has 12 heavy (non-hydrogen) atoms. The highest BCUT2D eigenvalue weighted by Gasteiger charge is 2.17. The van der Waals surface area contributed by atoms with Gasteiger partial charge >= 0.3 is 0 Å². The molecule has 1 amide bonds. The Hall–Kier alpha value is -0.880. The second-order valence-corrected chi connectivity index (χ2v) is 4.04. The van der Waals surface area contributed by atoms with Crippen molar-refractivity contribution in [2.45, 2.75) is 6.92 Å². The number of hydrogen-bond acceptors (Lipinski definition) is 3. The van der Waals surface area contributed by atoms with Crippen molar-refractivity contribution >= 4 is 16.0 Å². The molecule has 3 N–H and O–H groups in total. The average Bonchev–Trinajstić information content (AvgIpc) is 1.82. The van der Waals surface area contributed by atoms with Crippen molar-refractivity contribution < 1.29 is 17.8 Å². The van der Waals surface area contributed by atoms with E-state index in [-0.39, 0.29) is 5.57 Å². The maximum atomic E-state index is 10.5. The number of carbonyl (C=O) groups excluding carboxylic acids is 1. The summed E-state index contributed by atoms with van der Waals surface area (Å²) >= 11 is 0. The molecule has 0 fully saturated rings. The fourth-order valence-corrected chi connectivity index (χ4v) is 1.49. The Kier molecular flexibility index (Phi) is 3.41. The molecular formula is C6H11NO4S. The first-order valence-corrected chi connectivity index (χ1v) is 4.78. The predicted molar refractivity (Wildman–Crippen MR) is 43.9 cm³/mol. The molecule has 0 bridgehead atoms. The van der Waals surface area contributed by atoms with Crippen LogP contribution in [0.3, 0.4) is 0 Å². The molecule has 0 saturated heterocycles. The Morgan fingerprint density at radius 2 is 2.08 bits per heavy atom. The Labute approximate surface area is 71.0 Å². The molecule has 0 radical (unpaired) electrons. The standard InChI is InChI=1S/C6H11NO4S/c1-4(3-12(9,10)11)5(2)6(7)8/h4H,2-3H2,1H3,(H2,7,8)(H,9,10,11). The van der Waals surface area contributed by atoms with E-state index in [1.807, 2.05) is 0 Å². The van der Waals surface area contributed by atoms with E-state index in [0.29, 0.717) is 0 Å². The van der Waals surface area contributed by atoms with Crippen LogP contribution in [-0.4, -0.2) is 24.6 Å². The number of carbonyl (C=O) groups is 1. The molecule has 0 aliphatic rings. The number of rotatable bonds is 4. The van der Waals surface area contributed by atoms with Crippen molar-refractivity contribution in [1.29, 1.82) is 0 Å². The van der Waals surface area contributed by atoms with Gasteiger partial charge in [0.2, 0.25) is 5.91 Å². The molecule has 70 valence electrons. The molecule has 1 unspecified atom stereocenters. The van der Waals surface area contributed by atoms with Crippen molar-refractivity contribution in [2.24, 2.45) is 11.7 Å². The maximum Gasteiger partial charge on any atom is 0.265 e. The van der Waals surface area contributed by atoms with Crippen LogP contribution < -0.4 is 5.73 Å². The molecular weight excluding hydrogens is 182 g/mol. The summed E-state index contributed by atoms with van der Waals surface area (Å²) in [4.78, 5) is 10.5. The van der Waals surface area contributed by atoms with Crippen LogP contribution >= 0.6 is 0 Å². The maximum absolute atomic E-state index is 10.5. The van der Waals surface area contributed by atoms with Crippen LogP contribution in [-0.2, 0) is 14.9 Å². The summed E-state index contributed by atoms with van der Waals surface area (Å²) in [5.41, 5.74) is 4.83. The van der Waals surface area contributed by atoms with E-state index < -0.39 is 27.7 Å². The Bertz CT molecular complexity index is 293. The van der Waals surface area contributed by atoms with E-state index >= 15 is 0 Å².